The second-order valence-corrected chi connectivity index (χ2v) is 8.34. The highest BCUT2D eigenvalue weighted by Crippen LogP contribution is 2.24. The molecule has 27 heavy (non-hydrogen) atoms. The fourth-order valence-electron chi connectivity index (χ4n) is 3.24. The van der Waals surface area contributed by atoms with Gasteiger partial charge in [-0.1, -0.05) is 18.2 Å². The minimum absolute atomic E-state index is 0.112. The Hall–Kier alpha value is -2.11. The molecule has 5 nitrogen and oxygen atoms in total. The van der Waals surface area contributed by atoms with Crippen molar-refractivity contribution >= 4 is 12.0 Å². The SMILES string of the molecule is CC(C)N(Cc1ccccc1F)C(=O)[C@@H]1CCCCN1C(=O)OC(C)(C)C. The van der Waals surface area contributed by atoms with Gasteiger partial charge in [0.05, 0.1) is 0 Å². The zero-order valence-electron chi connectivity index (χ0n) is 17.0. The molecule has 1 heterocycles. The maximum Gasteiger partial charge on any atom is 0.410 e. The highest BCUT2D eigenvalue weighted by molar-refractivity contribution is 5.86. The van der Waals surface area contributed by atoms with Crippen molar-refractivity contribution in [3.63, 3.8) is 0 Å². The number of benzene rings is 1. The monoisotopic (exact) mass is 378 g/mol. The third kappa shape index (κ3) is 5.68. The minimum atomic E-state index is -0.618. The summed E-state index contributed by atoms with van der Waals surface area (Å²) in [5.74, 6) is -0.484. The van der Waals surface area contributed by atoms with E-state index in [1.165, 1.54) is 11.0 Å². The van der Waals surface area contributed by atoms with Crippen LogP contribution in [0.4, 0.5) is 9.18 Å². The number of hydrogen-bond acceptors (Lipinski definition) is 3. The lowest BCUT2D eigenvalue weighted by Crippen LogP contribution is -2.55. The van der Waals surface area contributed by atoms with Gasteiger partial charge in [0.25, 0.3) is 0 Å². The van der Waals surface area contributed by atoms with E-state index >= 15 is 0 Å². The van der Waals surface area contributed by atoms with Crippen LogP contribution in [-0.4, -0.2) is 46.0 Å². The summed E-state index contributed by atoms with van der Waals surface area (Å²) in [5, 5.41) is 0. The summed E-state index contributed by atoms with van der Waals surface area (Å²) < 4.78 is 19.6. The van der Waals surface area contributed by atoms with E-state index in [9.17, 15) is 14.0 Å². The van der Waals surface area contributed by atoms with Gasteiger partial charge in [0.2, 0.25) is 5.91 Å². The number of rotatable bonds is 4. The molecule has 0 radical (unpaired) electrons. The zero-order valence-corrected chi connectivity index (χ0v) is 17.0. The third-order valence-electron chi connectivity index (χ3n) is 4.62. The summed E-state index contributed by atoms with van der Waals surface area (Å²) in [6, 6.07) is 5.79. The van der Waals surface area contributed by atoms with Crippen LogP contribution in [-0.2, 0) is 16.1 Å². The lowest BCUT2D eigenvalue weighted by atomic mass is 10.0. The number of hydrogen-bond donors (Lipinski definition) is 0. The lowest BCUT2D eigenvalue weighted by Gasteiger charge is -2.39. The second kappa shape index (κ2) is 8.72. The Balaban J connectivity index is 2.21. The van der Waals surface area contributed by atoms with Gasteiger partial charge in [0.15, 0.2) is 0 Å². The molecule has 2 amide bonds. The highest BCUT2D eigenvalue weighted by atomic mass is 19.1. The van der Waals surface area contributed by atoms with Gasteiger partial charge in [-0.3, -0.25) is 9.69 Å². The highest BCUT2D eigenvalue weighted by Gasteiger charge is 2.37. The maximum atomic E-state index is 14.1. The summed E-state index contributed by atoms with van der Waals surface area (Å²) in [7, 11) is 0. The molecule has 1 saturated heterocycles. The van der Waals surface area contributed by atoms with E-state index in [0.717, 1.165) is 12.8 Å². The van der Waals surface area contributed by atoms with E-state index in [1.807, 2.05) is 34.6 Å². The van der Waals surface area contributed by atoms with Gasteiger partial charge in [0.1, 0.15) is 17.5 Å². The quantitative estimate of drug-likeness (QED) is 0.782. The zero-order chi connectivity index (χ0) is 20.2. The number of carbonyl (C=O) groups is 2. The summed E-state index contributed by atoms with van der Waals surface area (Å²) in [6.45, 7) is 9.91. The Labute approximate surface area is 161 Å². The van der Waals surface area contributed by atoms with Gasteiger partial charge in [-0.15, -0.1) is 0 Å². The number of carbonyl (C=O) groups excluding carboxylic acids is 2. The predicted molar refractivity (Wildman–Crippen MR) is 103 cm³/mol. The summed E-state index contributed by atoms with van der Waals surface area (Å²) in [4.78, 5) is 29.1. The van der Waals surface area contributed by atoms with Crippen LogP contribution in [0.25, 0.3) is 0 Å². The molecule has 0 aliphatic carbocycles. The fraction of sp³-hybridized carbons (Fsp3) is 0.619. The van der Waals surface area contributed by atoms with Crippen molar-refractivity contribution in [2.75, 3.05) is 6.54 Å². The van der Waals surface area contributed by atoms with Crippen molar-refractivity contribution in [2.24, 2.45) is 0 Å². The van der Waals surface area contributed by atoms with Gasteiger partial charge in [-0.25, -0.2) is 9.18 Å². The lowest BCUT2D eigenvalue weighted by molar-refractivity contribution is -0.140. The molecule has 1 aromatic carbocycles. The molecule has 1 aliphatic rings. The number of amides is 2. The van der Waals surface area contributed by atoms with Gasteiger partial charge in [-0.2, -0.15) is 0 Å². The number of likely N-dealkylation sites (tertiary alicyclic amines) is 1. The van der Waals surface area contributed by atoms with Gasteiger partial charge in [-0.05, 0) is 59.9 Å². The van der Waals surface area contributed by atoms with E-state index in [0.29, 0.717) is 18.5 Å². The van der Waals surface area contributed by atoms with E-state index in [1.54, 1.807) is 23.1 Å². The van der Waals surface area contributed by atoms with Crippen molar-refractivity contribution in [2.45, 2.75) is 78.1 Å². The second-order valence-electron chi connectivity index (χ2n) is 8.34. The van der Waals surface area contributed by atoms with Crippen molar-refractivity contribution in [3.05, 3.63) is 35.6 Å². The van der Waals surface area contributed by atoms with Crippen LogP contribution in [0.1, 0.15) is 59.4 Å². The Bertz CT molecular complexity index is 670. The molecule has 0 aromatic heterocycles. The molecule has 0 spiro atoms. The van der Waals surface area contributed by atoms with Crippen molar-refractivity contribution in [3.8, 4) is 0 Å². The van der Waals surface area contributed by atoms with E-state index < -0.39 is 17.7 Å². The number of piperidine rings is 1. The molecule has 2 rings (SSSR count). The van der Waals surface area contributed by atoms with Crippen LogP contribution in [0, 0.1) is 5.82 Å². The average Bonchev–Trinajstić information content (AvgIpc) is 2.58. The Morgan fingerprint density at radius 2 is 1.93 bits per heavy atom. The molecule has 0 saturated carbocycles. The van der Waals surface area contributed by atoms with Crippen LogP contribution < -0.4 is 0 Å². The smallest absolute Gasteiger partial charge is 0.410 e. The summed E-state index contributed by atoms with van der Waals surface area (Å²) >= 11 is 0. The van der Waals surface area contributed by atoms with Crippen molar-refractivity contribution in [1.29, 1.82) is 0 Å². The molecule has 6 heteroatoms. The Kier molecular flexibility index (Phi) is 6.84. The van der Waals surface area contributed by atoms with E-state index in [2.05, 4.69) is 0 Å². The number of halogens is 1. The molecule has 0 N–H and O–H groups in total. The fourth-order valence-corrected chi connectivity index (χ4v) is 3.24. The number of ether oxygens (including phenoxy) is 1. The molecule has 1 aliphatic heterocycles. The molecule has 1 aromatic rings. The Morgan fingerprint density at radius 1 is 1.26 bits per heavy atom. The number of nitrogens with zero attached hydrogens (tertiary/aromatic N) is 2. The van der Waals surface area contributed by atoms with Crippen molar-refractivity contribution in [1.82, 2.24) is 9.80 Å². The first-order valence-corrected chi connectivity index (χ1v) is 9.63. The van der Waals surface area contributed by atoms with Crippen LogP contribution in [0.2, 0.25) is 0 Å². The molecular formula is C21H31FN2O3. The molecular weight excluding hydrogens is 347 g/mol. The minimum Gasteiger partial charge on any atom is -0.444 e. The molecule has 0 unspecified atom stereocenters. The first-order chi connectivity index (χ1) is 12.6. The van der Waals surface area contributed by atoms with Crippen LogP contribution in [0.5, 0.6) is 0 Å². The van der Waals surface area contributed by atoms with E-state index in [4.69, 9.17) is 4.74 Å². The predicted octanol–water partition coefficient (Wildman–Crippen LogP) is 4.35. The molecule has 1 atom stereocenters. The topological polar surface area (TPSA) is 49.9 Å². The van der Waals surface area contributed by atoms with Gasteiger partial charge in [0, 0.05) is 24.7 Å². The third-order valence-corrected chi connectivity index (χ3v) is 4.62. The average molecular weight is 378 g/mol. The normalized spacial score (nSPS) is 17.7. The molecule has 0 bridgehead atoms. The van der Waals surface area contributed by atoms with Gasteiger partial charge < -0.3 is 9.64 Å². The molecule has 1 fully saturated rings. The first-order valence-electron chi connectivity index (χ1n) is 9.63. The van der Waals surface area contributed by atoms with Crippen LogP contribution >= 0.6 is 0 Å². The van der Waals surface area contributed by atoms with E-state index in [-0.39, 0.29) is 24.3 Å². The van der Waals surface area contributed by atoms with Crippen molar-refractivity contribution < 1.29 is 18.7 Å². The first kappa shape index (κ1) is 21.2. The van der Waals surface area contributed by atoms with Crippen LogP contribution in [0.3, 0.4) is 0 Å². The summed E-state index contributed by atoms with van der Waals surface area (Å²) in [5.41, 5.74) is -0.147. The van der Waals surface area contributed by atoms with Gasteiger partial charge >= 0.3 is 6.09 Å². The summed E-state index contributed by atoms with van der Waals surface area (Å²) in [6.07, 6.45) is 1.85. The Morgan fingerprint density at radius 3 is 2.52 bits per heavy atom. The largest absolute Gasteiger partial charge is 0.444 e. The molecule has 150 valence electrons. The standard InChI is InChI=1S/C21H31FN2O3/c1-15(2)24(14-16-10-6-7-11-17(16)22)19(25)18-12-8-9-13-23(18)20(26)27-21(3,4)5/h6-7,10-11,15,18H,8-9,12-14H2,1-5H3/t18-/m0/s1. The maximum absolute atomic E-state index is 14.1. The van der Waals surface area contributed by atoms with Crippen LogP contribution in [0.15, 0.2) is 24.3 Å².